The number of anilines is 1. The van der Waals surface area contributed by atoms with E-state index >= 15 is 0 Å². The molecule has 0 saturated heterocycles. The predicted octanol–water partition coefficient (Wildman–Crippen LogP) is 0.429. The van der Waals surface area contributed by atoms with Crippen LogP contribution in [0.3, 0.4) is 0 Å². The Labute approximate surface area is 231 Å². The molecule has 0 spiro atoms. The summed E-state index contributed by atoms with van der Waals surface area (Å²) >= 11 is 1.03. The van der Waals surface area contributed by atoms with Gasteiger partial charge in [0.2, 0.25) is 11.9 Å². The lowest BCUT2D eigenvalue weighted by Crippen LogP contribution is -2.58. The summed E-state index contributed by atoms with van der Waals surface area (Å²) in [5.41, 5.74) is -0.491. The van der Waals surface area contributed by atoms with E-state index in [1.165, 1.54) is 17.8 Å². The highest BCUT2D eigenvalue weighted by Gasteiger charge is 2.37. The zero-order valence-electron chi connectivity index (χ0n) is 22.2. The van der Waals surface area contributed by atoms with E-state index in [4.69, 9.17) is 9.47 Å². The van der Waals surface area contributed by atoms with E-state index < -0.39 is 66.7 Å². The Morgan fingerprint density at radius 2 is 1.73 bits per heavy atom. The number of carboxylic acid groups (broad SMARTS) is 1. The minimum absolute atomic E-state index is 0.0306. The smallest absolute Gasteiger partial charge is 0.414 e. The van der Waals surface area contributed by atoms with Crippen LogP contribution < -0.4 is 10.6 Å². The number of carbonyl (C=O) groups excluding carboxylic acids is 5. The molecule has 2 aromatic rings. The van der Waals surface area contributed by atoms with Gasteiger partial charge in [0, 0.05) is 37.2 Å². The summed E-state index contributed by atoms with van der Waals surface area (Å²) in [5, 5.41) is 25.0. The van der Waals surface area contributed by atoms with E-state index in [2.05, 4.69) is 25.6 Å². The maximum Gasteiger partial charge on any atom is 0.414 e. The number of thiazole rings is 1. The standard InChI is InChI=1S/C23H28N6O10S/c1-11(31)29(16(8-30)20(35)36)19(34)14(9-38-12(2)32)26-17(33)15-10-40-18(27-15)13-6-24-21(25-7-13)28-22(37)39-23(3,4)5/h6-7,10,14,16,30H,8-9H2,1-5H3,(H,26,33)(H,35,36)(H,24,25,28,37)/t14-,16-/m0/s1. The number of ether oxygens (including phenoxy) is 2. The first kappa shape index (κ1) is 31.7. The van der Waals surface area contributed by atoms with Crippen LogP contribution in [0, 0.1) is 0 Å². The molecule has 0 aromatic carbocycles. The second kappa shape index (κ2) is 13.5. The molecule has 2 aromatic heterocycles. The fourth-order valence-corrected chi connectivity index (χ4v) is 3.76. The number of aromatic nitrogens is 3. The summed E-state index contributed by atoms with van der Waals surface area (Å²) < 4.78 is 9.93. The van der Waals surface area contributed by atoms with Crippen molar-refractivity contribution in [3.8, 4) is 10.6 Å². The van der Waals surface area contributed by atoms with Crippen molar-refractivity contribution in [1.82, 2.24) is 25.2 Å². The Balaban J connectivity index is 2.21. The molecule has 4 N–H and O–H groups in total. The lowest BCUT2D eigenvalue weighted by Gasteiger charge is -2.28. The fourth-order valence-electron chi connectivity index (χ4n) is 2.98. The number of amides is 4. The van der Waals surface area contributed by atoms with Gasteiger partial charge in [-0.1, -0.05) is 0 Å². The van der Waals surface area contributed by atoms with Crippen molar-refractivity contribution in [2.24, 2.45) is 0 Å². The number of rotatable bonds is 10. The Morgan fingerprint density at radius 3 is 2.23 bits per heavy atom. The third-order valence-electron chi connectivity index (χ3n) is 4.65. The van der Waals surface area contributed by atoms with Gasteiger partial charge in [0.15, 0.2) is 6.04 Å². The summed E-state index contributed by atoms with van der Waals surface area (Å²) in [6.45, 7) is 5.23. The van der Waals surface area contributed by atoms with Crippen molar-refractivity contribution < 1.29 is 48.5 Å². The van der Waals surface area contributed by atoms with Gasteiger partial charge in [-0.05, 0) is 20.8 Å². The van der Waals surface area contributed by atoms with Gasteiger partial charge in [-0.15, -0.1) is 11.3 Å². The van der Waals surface area contributed by atoms with Gasteiger partial charge in [0.25, 0.3) is 11.8 Å². The van der Waals surface area contributed by atoms with Crippen LogP contribution in [-0.2, 0) is 28.7 Å². The molecule has 0 aliphatic carbocycles. The monoisotopic (exact) mass is 580 g/mol. The molecule has 0 unspecified atom stereocenters. The molecule has 2 heterocycles. The lowest BCUT2D eigenvalue weighted by molar-refractivity contribution is -0.161. The molecule has 2 atom stereocenters. The molecule has 0 saturated carbocycles. The maximum atomic E-state index is 13.0. The molecule has 16 nitrogen and oxygen atoms in total. The zero-order valence-corrected chi connectivity index (χ0v) is 23.0. The van der Waals surface area contributed by atoms with Gasteiger partial charge in [0.05, 0.1) is 6.61 Å². The first-order valence-corrected chi connectivity index (χ1v) is 12.4. The first-order valence-electron chi connectivity index (χ1n) is 11.5. The summed E-state index contributed by atoms with van der Waals surface area (Å²) in [4.78, 5) is 85.1. The van der Waals surface area contributed by atoms with Crippen LogP contribution in [0.25, 0.3) is 10.6 Å². The number of aliphatic carboxylic acids is 1. The zero-order chi connectivity index (χ0) is 30.2. The number of nitrogens with one attached hydrogen (secondary N) is 2. The Morgan fingerprint density at radius 1 is 1.10 bits per heavy atom. The van der Waals surface area contributed by atoms with E-state index in [0.29, 0.717) is 10.6 Å². The van der Waals surface area contributed by atoms with Gasteiger partial charge in [-0.25, -0.2) is 24.5 Å². The average Bonchev–Trinajstić information content (AvgIpc) is 3.33. The third-order valence-corrected chi connectivity index (χ3v) is 5.54. The second-order valence-electron chi connectivity index (χ2n) is 9.05. The molecule has 4 amide bonds. The minimum atomic E-state index is -1.93. The number of aliphatic hydroxyl groups excluding tert-OH is 1. The van der Waals surface area contributed by atoms with Gasteiger partial charge in [-0.3, -0.25) is 29.4 Å². The molecule has 40 heavy (non-hydrogen) atoms. The van der Waals surface area contributed by atoms with E-state index in [-0.39, 0.29) is 16.5 Å². The molecule has 2 rings (SSSR count). The number of carbonyl (C=O) groups is 6. The van der Waals surface area contributed by atoms with Crippen molar-refractivity contribution >= 4 is 53.0 Å². The number of hydrogen-bond donors (Lipinski definition) is 4. The SMILES string of the molecule is CC(=O)OC[C@H](NC(=O)c1csc(-c2cnc(NC(=O)OC(C)(C)C)nc2)n1)C(=O)N(C(C)=O)[C@@H](CO)C(=O)O. The Kier molecular flexibility index (Phi) is 10.7. The van der Waals surface area contributed by atoms with Crippen LogP contribution in [0.15, 0.2) is 17.8 Å². The van der Waals surface area contributed by atoms with Crippen molar-refractivity contribution in [2.45, 2.75) is 52.3 Å². The molecule has 0 bridgehead atoms. The van der Waals surface area contributed by atoms with Crippen molar-refractivity contribution in [1.29, 1.82) is 0 Å². The third kappa shape index (κ3) is 9.05. The molecular formula is C23H28N6O10S. The summed E-state index contributed by atoms with van der Waals surface area (Å²) in [6.07, 6.45) is 1.95. The maximum absolute atomic E-state index is 13.0. The first-order chi connectivity index (χ1) is 18.6. The van der Waals surface area contributed by atoms with Gasteiger partial charge in [0.1, 0.15) is 29.0 Å². The van der Waals surface area contributed by atoms with Crippen LogP contribution in [0.4, 0.5) is 10.7 Å². The number of imide groups is 1. The van der Waals surface area contributed by atoms with E-state index in [9.17, 15) is 39.0 Å². The Bertz CT molecular complexity index is 1270. The van der Waals surface area contributed by atoms with Crippen LogP contribution in [-0.4, -0.2) is 96.7 Å². The van der Waals surface area contributed by atoms with Crippen molar-refractivity contribution in [2.75, 3.05) is 18.5 Å². The molecule has 0 fully saturated rings. The van der Waals surface area contributed by atoms with Gasteiger partial charge < -0.3 is 25.0 Å². The highest BCUT2D eigenvalue weighted by molar-refractivity contribution is 7.13. The van der Waals surface area contributed by atoms with E-state index in [0.717, 1.165) is 25.2 Å². The van der Waals surface area contributed by atoms with Crippen LogP contribution in [0.1, 0.15) is 45.1 Å². The quantitative estimate of drug-likeness (QED) is 0.280. The van der Waals surface area contributed by atoms with E-state index in [1.54, 1.807) is 20.8 Å². The van der Waals surface area contributed by atoms with Gasteiger partial charge in [-0.2, -0.15) is 0 Å². The molecular weight excluding hydrogens is 552 g/mol. The van der Waals surface area contributed by atoms with E-state index in [1.807, 2.05) is 0 Å². The van der Waals surface area contributed by atoms with Crippen molar-refractivity contribution in [3.63, 3.8) is 0 Å². The van der Waals surface area contributed by atoms with Crippen LogP contribution in [0.5, 0.6) is 0 Å². The summed E-state index contributed by atoms with van der Waals surface area (Å²) in [5.74, 6) is -5.65. The highest BCUT2D eigenvalue weighted by Crippen LogP contribution is 2.23. The molecule has 0 aliphatic heterocycles. The fraction of sp³-hybridized carbons (Fsp3) is 0.435. The van der Waals surface area contributed by atoms with Crippen LogP contribution >= 0.6 is 11.3 Å². The number of carboxylic acids is 1. The summed E-state index contributed by atoms with van der Waals surface area (Å²) in [7, 11) is 0. The largest absolute Gasteiger partial charge is 0.480 e. The number of nitrogens with zero attached hydrogens (tertiary/aromatic N) is 4. The number of esters is 1. The van der Waals surface area contributed by atoms with Gasteiger partial charge >= 0.3 is 18.0 Å². The molecule has 0 radical (unpaired) electrons. The predicted molar refractivity (Wildman–Crippen MR) is 137 cm³/mol. The molecule has 17 heteroatoms. The lowest BCUT2D eigenvalue weighted by atomic mass is 10.2. The topological polar surface area (TPSA) is 227 Å². The normalized spacial score (nSPS) is 12.4. The Hall–Kier alpha value is -4.51. The number of aliphatic hydroxyl groups is 1. The molecule has 216 valence electrons. The summed E-state index contributed by atoms with van der Waals surface area (Å²) in [6, 6.07) is -3.61. The van der Waals surface area contributed by atoms with Crippen LogP contribution in [0.2, 0.25) is 0 Å². The minimum Gasteiger partial charge on any atom is -0.480 e. The average molecular weight is 581 g/mol. The number of hydrogen-bond acceptors (Lipinski definition) is 13. The van der Waals surface area contributed by atoms with Crippen molar-refractivity contribution in [3.05, 3.63) is 23.5 Å². The highest BCUT2D eigenvalue weighted by atomic mass is 32.1. The molecule has 0 aliphatic rings. The second-order valence-corrected chi connectivity index (χ2v) is 9.91.